The molecule has 1 N–H and O–H groups in total. The van der Waals surface area contributed by atoms with Gasteiger partial charge in [0.2, 0.25) is 17.6 Å². The molecule has 0 aliphatic carbocycles. The van der Waals surface area contributed by atoms with E-state index in [1.807, 2.05) is 34.5 Å². The van der Waals surface area contributed by atoms with Crippen LogP contribution in [0.15, 0.2) is 46.3 Å². The first kappa shape index (κ1) is 24.1. The summed E-state index contributed by atoms with van der Waals surface area (Å²) in [4.78, 5) is 34.3. The Balaban J connectivity index is 1.34. The fourth-order valence-electron chi connectivity index (χ4n) is 4.19. The lowest BCUT2D eigenvalue weighted by atomic mass is 10.0. The number of benzene rings is 1. The summed E-state index contributed by atoms with van der Waals surface area (Å²) >= 11 is 1.57. The summed E-state index contributed by atoms with van der Waals surface area (Å²) in [5.74, 6) is 1.29. The lowest BCUT2D eigenvalue weighted by molar-refractivity contribution is -0.138. The molecule has 0 radical (unpaired) electrons. The Bertz CT molecular complexity index is 1100. The van der Waals surface area contributed by atoms with Crippen LogP contribution < -0.4 is 5.32 Å². The molecule has 4 rings (SSSR count). The van der Waals surface area contributed by atoms with Gasteiger partial charge < -0.3 is 14.7 Å². The molecule has 2 amide bonds. The summed E-state index contributed by atoms with van der Waals surface area (Å²) in [6, 6.07) is 11.7. The number of carbonyl (C=O) groups is 2. The number of nitrogens with zero attached hydrogens (tertiary/aromatic N) is 4. The smallest absolute Gasteiger partial charge is 0.268 e. The van der Waals surface area contributed by atoms with Crippen LogP contribution in [0.2, 0.25) is 0 Å². The minimum absolute atomic E-state index is 0.0178. The maximum Gasteiger partial charge on any atom is 0.268 e. The lowest BCUT2D eigenvalue weighted by Crippen LogP contribution is -2.54. The van der Waals surface area contributed by atoms with Crippen LogP contribution in [0.4, 0.5) is 0 Å². The van der Waals surface area contributed by atoms with Crippen LogP contribution >= 0.6 is 11.3 Å². The Morgan fingerprint density at radius 2 is 1.94 bits per heavy atom. The fraction of sp³-hybridized carbons (Fsp3) is 0.440. The van der Waals surface area contributed by atoms with Crippen molar-refractivity contribution in [1.29, 1.82) is 0 Å². The second kappa shape index (κ2) is 10.9. The molecule has 3 heterocycles. The fourth-order valence-corrected chi connectivity index (χ4v) is 4.84. The Morgan fingerprint density at radius 1 is 1.15 bits per heavy atom. The van der Waals surface area contributed by atoms with Gasteiger partial charge >= 0.3 is 0 Å². The molecule has 0 spiro atoms. The predicted octanol–water partition coefficient (Wildman–Crippen LogP) is 3.66. The molecular formula is C25H31N5O3S. The van der Waals surface area contributed by atoms with E-state index in [9.17, 15) is 9.59 Å². The third-order valence-corrected chi connectivity index (χ3v) is 6.67. The van der Waals surface area contributed by atoms with E-state index in [1.165, 1.54) is 6.92 Å². The van der Waals surface area contributed by atoms with Crippen LogP contribution in [0.25, 0.3) is 22.2 Å². The van der Waals surface area contributed by atoms with Crippen LogP contribution in [0.1, 0.15) is 32.8 Å². The van der Waals surface area contributed by atoms with E-state index >= 15 is 0 Å². The first-order valence-corrected chi connectivity index (χ1v) is 12.5. The summed E-state index contributed by atoms with van der Waals surface area (Å²) < 4.78 is 5.43. The number of carbonyl (C=O) groups excluding carboxylic acids is 2. The largest absolute Gasteiger partial charge is 0.345 e. The van der Waals surface area contributed by atoms with Gasteiger partial charge in [0, 0.05) is 45.2 Å². The number of hydrogen-bond donors (Lipinski definition) is 1. The lowest BCUT2D eigenvalue weighted by Gasteiger charge is -2.36. The van der Waals surface area contributed by atoms with Gasteiger partial charge in [-0.15, -0.1) is 11.3 Å². The quantitative estimate of drug-likeness (QED) is 0.528. The zero-order chi connectivity index (χ0) is 24.1. The van der Waals surface area contributed by atoms with Crippen molar-refractivity contribution < 1.29 is 14.1 Å². The van der Waals surface area contributed by atoms with Gasteiger partial charge in [0.15, 0.2) is 0 Å². The van der Waals surface area contributed by atoms with E-state index in [0.717, 1.165) is 35.6 Å². The van der Waals surface area contributed by atoms with Gasteiger partial charge in [-0.25, -0.2) is 0 Å². The maximum atomic E-state index is 13.0. The number of amides is 2. The Hall–Kier alpha value is -3.04. The molecule has 0 saturated carbocycles. The summed E-state index contributed by atoms with van der Waals surface area (Å²) in [5.41, 5.74) is 2.08. The number of thiophene rings is 1. The highest BCUT2D eigenvalue weighted by molar-refractivity contribution is 7.13. The van der Waals surface area contributed by atoms with Crippen LogP contribution in [0, 0.1) is 5.92 Å². The molecule has 180 valence electrons. The third kappa shape index (κ3) is 6.09. The van der Waals surface area contributed by atoms with Crippen molar-refractivity contribution in [1.82, 2.24) is 25.3 Å². The average Bonchev–Trinajstić information content (AvgIpc) is 3.50. The van der Waals surface area contributed by atoms with Crippen molar-refractivity contribution in [2.45, 2.75) is 39.8 Å². The molecule has 1 saturated heterocycles. The SMILES string of the molecule is CC(=O)NC(CC(C)C)C(=O)N1CCN(Cc2cccc(-c3noc(-c4cccs4)n3)c2)CC1. The van der Waals surface area contributed by atoms with Crippen LogP contribution in [0.5, 0.6) is 0 Å². The molecule has 8 nitrogen and oxygen atoms in total. The first-order chi connectivity index (χ1) is 16.4. The zero-order valence-electron chi connectivity index (χ0n) is 19.9. The monoisotopic (exact) mass is 481 g/mol. The van der Waals surface area contributed by atoms with Crippen molar-refractivity contribution >= 4 is 23.2 Å². The van der Waals surface area contributed by atoms with Gasteiger partial charge in [-0.2, -0.15) is 4.98 Å². The summed E-state index contributed by atoms with van der Waals surface area (Å²) in [5, 5.41) is 8.96. The van der Waals surface area contributed by atoms with E-state index in [2.05, 4.69) is 46.3 Å². The second-order valence-electron chi connectivity index (χ2n) is 9.08. The van der Waals surface area contributed by atoms with E-state index in [1.54, 1.807) is 11.3 Å². The molecule has 1 fully saturated rings. The van der Waals surface area contributed by atoms with Crippen molar-refractivity contribution in [3.8, 4) is 22.2 Å². The molecule has 1 aliphatic heterocycles. The number of rotatable bonds is 8. The highest BCUT2D eigenvalue weighted by Gasteiger charge is 2.28. The molecule has 1 atom stereocenters. The Labute approximate surface area is 204 Å². The minimum Gasteiger partial charge on any atom is -0.345 e. The van der Waals surface area contributed by atoms with E-state index in [0.29, 0.717) is 37.1 Å². The maximum absolute atomic E-state index is 13.0. The molecule has 1 aromatic carbocycles. The Morgan fingerprint density at radius 3 is 2.62 bits per heavy atom. The standard InChI is InChI=1S/C25H31N5O3S/c1-17(2)14-21(26-18(3)31)25(32)30-11-9-29(10-12-30)16-19-6-4-7-20(15-19)23-27-24(33-28-23)22-8-5-13-34-22/h4-8,13,15,17,21H,9-12,14,16H2,1-3H3,(H,26,31). The van der Waals surface area contributed by atoms with Gasteiger partial charge in [-0.05, 0) is 35.4 Å². The molecule has 1 unspecified atom stereocenters. The van der Waals surface area contributed by atoms with Gasteiger partial charge in [0.1, 0.15) is 6.04 Å². The van der Waals surface area contributed by atoms with Crippen LogP contribution in [-0.2, 0) is 16.1 Å². The predicted molar refractivity (Wildman–Crippen MR) is 132 cm³/mol. The van der Waals surface area contributed by atoms with Gasteiger partial charge in [-0.3, -0.25) is 14.5 Å². The number of hydrogen-bond acceptors (Lipinski definition) is 7. The number of piperazine rings is 1. The van der Waals surface area contributed by atoms with E-state index < -0.39 is 6.04 Å². The molecule has 9 heteroatoms. The van der Waals surface area contributed by atoms with Crippen LogP contribution in [-0.4, -0.2) is 64.0 Å². The summed E-state index contributed by atoms with van der Waals surface area (Å²) in [7, 11) is 0. The molecule has 1 aliphatic rings. The van der Waals surface area contributed by atoms with E-state index in [-0.39, 0.29) is 11.8 Å². The number of nitrogens with one attached hydrogen (secondary N) is 1. The Kier molecular flexibility index (Phi) is 7.74. The molecular weight excluding hydrogens is 450 g/mol. The highest BCUT2D eigenvalue weighted by Crippen LogP contribution is 2.26. The minimum atomic E-state index is -0.449. The van der Waals surface area contributed by atoms with Gasteiger partial charge in [0.25, 0.3) is 5.89 Å². The average molecular weight is 482 g/mol. The highest BCUT2D eigenvalue weighted by atomic mass is 32.1. The molecule has 3 aromatic rings. The van der Waals surface area contributed by atoms with Crippen molar-refractivity contribution in [3.63, 3.8) is 0 Å². The number of aromatic nitrogens is 2. The van der Waals surface area contributed by atoms with Crippen LogP contribution in [0.3, 0.4) is 0 Å². The summed E-state index contributed by atoms with van der Waals surface area (Å²) in [6.45, 7) is 9.25. The van der Waals surface area contributed by atoms with Crippen molar-refractivity contribution in [3.05, 3.63) is 47.3 Å². The van der Waals surface area contributed by atoms with Gasteiger partial charge in [0.05, 0.1) is 4.88 Å². The second-order valence-corrected chi connectivity index (χ2v) is 10.0. The molecule has 0 bridgehead atoms. The summed E-state index contributed by atoms with van der Waals surface area (Å²) in [6.07, 6.45) is 0.649. The van der Waals surface area contributed by atoms with Crippen molar-refractivity contribution in [2.24, 2.45) is 5.92 Å². The first-order valence-electron chi connectivity index (χ1n) is 11.6. The topological polar surface area (TPSA) is 91.6 Å². The molecule has 34 heavy (non-hydrogen) atoms. The van der Waals surface area contributed by atoms with E-state index in [4.69, 9.17) is 4.52 Å². The normalized spacial score (nSPS) is 15.5. The van der Waals surface area contributed by atoms with Crippen molar-refractivity contribution in [2.75, 3.05) is 26.2 Å². The van der Waals surface area contributed by atoms with Gasteiger partial charge in [-0.1, -0.05) is 43.3 Å². The molecule has 2 aromatic heterocycles. The third-order valence-electron chi connectivity index (χ3n) is 5.82. The zero-order valence-corrected chi connectivity index (χ0v) is 20.7.